The average molecular weight is 445 g/mol. The van der Waals surface area contributed by atoms with Crippen LogP contribution in [-0.4, -0.2) is 29.9 Å². The predicted molar refractivity (Wildman–Crippen MR) is 124 cm³/mol. The molecule has 32 heavy (non-hydrogen) atoms. The molecule has 0 saturated carbocycles. The summed E-state index contributed by atoms with van der Waals surface area (Å²) in [6.07, 6.45) is 5.42. The van der Waals surface area contributed by atoms with Crippen molar-refractivity contribution in [3.8, 4) is 17.0 Å². The highest BCUT2D eigenvalue weighted by Crippen LogP contribution is 2.33. The number of fused-ring (bicyclic) bond motifs is 2. The molecule has 0 fully saturated rings. The second kappa shape index (κ2) is 7.65. The van der Waals surface area contributed by atoms with E-state index in [1.165, 1.54) is 7.11 Å². The lowest BCUT2D eigenvalue weighted by molar-refractivity contribution is 0.417. The predicted octanol–water partition coefficient (Wildman–Crippen LogP) is 4.67. The molecule has 0 aliphatic rings. The van der Waals surface area contributed by atoms with E-state index < -0.39 is 10.0 Å². The van der Waals surface area contributed by atoms with Crippen LogP contribution in [0.2, 0.25) is 0 Å². The van der Waals surface area contributed by atoms with Gasteiger partial charge in [0, 0.05) is 29.5 Å². The van der Waals surface area contributed by atoms with Gasteiger partial charge in [-0.2, -0.15) is 0 Å². The normalized spacial score (nSPS) is 11.7. The second-order valence-electron chi connectivity index (χ2n) is 7.40. The summed E-state index contributed by atoms with van der Waals surface area (Å²) in [5.41, 5.74) is 4.14. The molecule has 0 bridgehead atoms. The van der Waals surface area contributed by atoms with Crippen LogP contribution in [0.1, 0.15) is 5.56 Å². The highest BCUT2D eigenvalue weighted by molar-refractivity contribution is 7.93. The van der Waals surface area contributed by atoms with Gasteiger partial charge < -0.3 is 9.14 Å². The first kappa shape index (κ1) is 20.0. The highest BCUT2D eigenvalue weighted by atomic mass is 32.2. The number of sulfonamides is 1. The summed E-state index contributed by atoms with van der Waals surface area (Å²) in [4.78, 5) is 9.08. The minimum atomic E-state index is -3.92. The highest BCUT2D eigenvalue weighted by Gasteiger charge is 2.21. The maximum atomic E-state index is 13.3. The summed E-state index contributed by atoms with van der Waals surface area (Å²) in [6, 6.07) is 17.9. The third-order valence-corrected chi connectivity index (χ3v) is 6.70. The van der Waals surface area contributed by atoms with E-state index in [4.69, 9.17) is 9.72 Å². The van der Waals surface area contributed by atoms with Crippen molar-refractivity contribution in [2.75, 3.05) is 11.8 Å². The van der Waals surface area contributed by atoms with Gasteiger partial charge in [-0.05, 0) is 48.9 Å². The Morgan fingerprint density at radius 1 is 1.03 bits per heavy atom. The fraction of sp³-hybridized carbons (Fsp3) is 0.0833. The number of imidazole rings is 1. The van der Waals surface area contributed by atoms with E-state index in [2.05, 4.69) is 9.71 Å². The molecular formula is C24H20N4O3S. The van der Waals surface area contributed by atoms with Gasteiger partial charge in [0.2, 0.25) is 0 Å². The summed E-state index contributed by atoms with van der Waals surface area (Å²) in [5, 5.41) is 0.746. The molecule has 0 aliphatic heterocycles. The molecule has 0 amide bonds. The van der Waals surface area contributed by atoms with Crippen LogP contribution >= 0.6 is 0 Å². The Morgan fingerprint density at radius 3 is 2.69 bits per heavy atom. The van der Waals surface area contributed by atoms with Crippen LogP contribution in [0, 0.1) is 6.92 Å². The SMILES string of the molecule is COc1ccc(-c2cn3cccc(C)c3n2)cc1NS(=O)(=O)c1cccc2cccnc12. The van der Waals surface area contributed by atoms with Gasteiger partial charge in [-0.3, -0.25) is 9.71 Å². The molecule has 3 aromatic heterocycles. The van der Waals surface area contributed by atoms with Crippen molar-refractivity contribution in [2.24, 2.45) is 0 Å². The first-order valence-electron chi connectivity index (χ1n) is 9.95. The van der Waals surface area contributed by atoms with Gasteiger partial charge in [-0.1, -0.05) is 24.3 Å². The zero-order chi connectivity index (χ0) is 22.3. The van der Waals surface area contributed by atoms with Crippen molar-refractivity contribution in [2.45, 2.75) is 11.8 Å². The molecule has 3 heterocycles. The number of rotatable bonds is 5. The lowest BCUT2D eigenvalue weighted by Gasteiger charge is -2.14. The van der Waals surface area contributed by atoms with Crippen molar-refractivity contribution < 1.29 is 13.2 Å². The Morgan fingerprint density at radius 2 is 1.88 bits per heavy atom. The largest absolute Gasteiger partial charge is 0.495 e. The quantitative estimate of drug-likeness (QED) is 0.426. The van der Waals surface area contributed by atoms with Crippen LogP contribution in [0.3, 0.4) is 0 Å². The molecule has 1 N–H and O–H groups in total. The van der Waals surface area contributed by atoms with Gasteiger partial charge in [0.15, 0.2) is 0 Å². The number of nitrogens with zero attached hydrogens (tertiary/aromatic N) is 3. The number of benzene rings is 2. The molecule has 0 radical (unpaired) electrons. The van der Waals surface area contributed by atoms with Crippen LogP contribution in [0.25, 0.3) is 27.8 Å². The maximum absolute atomic E-state index is 13.3. The average Bonchev–Trinajstić information content (AvgIpc) is 3.24. The van der Waals surface area contributed by atoms with Crippen LogP contribution in [0.4, 0.5) is 5.69 Å². The number of anilines is 1. The van der Waals surface area contributed by atoms with E-state index in [0.29, 0.717) is 17.0 Å². The van der Waals surface area contributed by atoms with E-state index in [1.807, 2.05) is 54.0 Å². The molecule has 5 aromatic rings. The van der Waals surface area contributed by atoms with E-state index in [-0.39, 0.29) is 4.90 Å². The number of nitrogens with one attached hydrogen (secondary N) is 1. The molecule has 0 aliphatic carbocycles. The van der Waals surface area contributed by atoms with Crippen molar-refractivity contribution in [1.29, 1.82) is 0 Å². The molecule has 2 aromatic carbocycles. The maximum Gasteiger partial charge on any atom is 0.264 e. The number of hydrogen-bond donors (Lipinski definition) is 1. The third kappa shape index (κ3) is 3.44. The van der Waals surface area contributed by atoms with Crippen LogP contribution < -0.4 is 9.46 Å². The molecule has 160 valence electrons. The van der Waals surface area contributed by atoms with E-state index >= 15 is 0 Å². The molecule has 5 rings (SSSR count). The summed E-state index contributed by atoms with van der Waals surface area (Å²) in [6.45, 7) is 2.00. The van der Waals surface area contributed by atoms with Gasteiger partial charge in [0.05, 0.1) is 24.0 Å². The fourth-order valence-electron chi connectivity index (χ4n) is 3.73. The van der Waals surface area contributed by atoms with E-state index in [9.17, 15) is 8.42 Å². The molecule has 0 unspecified atom stereocenters. The lowest BCUT2D eigenvalue weighted by atomic mass is 10.1. The standard InChI is InChI=1S/C24H20N4O3S/c1-16-6-5-13-28-15-20(26-24(16)28)18-10-11-21(31-2)19(14-18)27-32(29,30)22-9-3-7-17-8-4-12-25-23(17)22/h3-15,27H,1-2H3. The van der Waals surface area contributed by atoms with Crippen LogP contribution in [0.15, 0.2) is 84.1 Å². The first-order chi connectivity index (χ1) is 15.5. The molecule has 8 heteroatoms. The smallest absolute Gasteiger partial charge is 0.264 e. The Hall–Kier alpha value is -3.91. The van der Waals surface area contributed by atoms with Crippen molar-refractivity contribution in [3.05, 3.63) is 84.8 Å². The zero-order valence-electron chi connectivity index (χ0n) is 17.5. The first-order valence-corrected chi connectivity index (χ1v) is 11.4. The molecule has 0 spiro atoms. The summed E-state index contributed by atoms with van der Waals surface area (Å²) >= 11 is 0. The molecule has 0 saturated heterocycles. The van der Waals surface area contributed by atoms with Crippen molar-refractivity contribution in [1.82, 2.24) is 14.4 Å². The van der Waals surface area contributed by atoms with Crippen molar-refractivity contribution in [3.63, 3.8) is 0 Å². The lowest BCUT2D eigenvalue weighted by Crippen LogP contribution is -2.14. The number of aryl methyl sites for hydroxylation is 1. The number of pyridine rings is 2. The Labute approximate surface area is 185 Å². The minimum absolute atomic E-state index is 0.103. The Kier molecular flexibility index (Phi) is 4.79. The van der Waals surface area contributed by atoms with Gasteiger partial charge in [0.1, 0.15) is 16.3 Å². The summed E-state index contributed by atoms with van der Waals surface area (Å²) in [7, 11) is -2.42. The Bertz CT molecular complexity index is 1570. The third-order valence-electron chi connectivity index (χ3n) is 5.30. The van der Waals surface area contributed by atoms with Crippen LogP contribution in [0.5, 0.6) is 5.75 Å². The summed E-state index contributed by atoms with van der Waals surface area (Å²) < 4.78 is 36.6. The number of ether oxygens (including phenoxy) is 1. The second-order valence-corrected chi connectivity index (χ2v) is 9.05. The van der Waals surface area contributed by atoms with E-state index in [0.717, 1.165) is 27.9 Å². The molecule has 7 nitrogen and oxygen atoms in total. The monoisotopic (exact) mass is 444 g/mol. The van der Waals surface area contributed by atoms with Crippen LogP contribution in [-0.2, 0) is 10.0 Å². The topological polar surface area (TPSA) is 85.6 Å². The van der Waals surface area contributed by atoms with Gasteiger partial charge in [-0.15, -0.1) is 0 Å². The number of methoxy groups -OCH3 is 1. The minimum Gasteiger partial charge on any atom is -0.495 e. The van der Waals surface area contributed by atoms with Gasteiger partial charge >= 0.3 is 0 Å². The number of para-hydroxylation sites is 1. The molecular weight excluding hydrogens is 424 g/mol. The number of hydrogen-bond acceptors (Lipinski definition) is 5. The van der Waals surface area contributed by atoms with Gasteiger partial charge in [0.25, 0.3) is 10.0 Å². The van der Waals surface area contributed by atoms with Crippen molar-refractivity contribution >= 4 is 32.3 Å². The Balaban J connectivity index is 1.59. The number of aromatic nitrogens is 3. The fourth-order valence-corrected chi connectivity index (χ4v) is 4.97. The van der Waals surface area contributed by atoms with Gasteiger partial charge in [-0.25, -0.2) is 13.4 Å². The van der Waals surface area contributed by atoms with E-state index in [1.54, 1.807) is 36.5 Å². The molecule has 0 atom stereocenters. The summed E-state index contributed by atoms with van der Waals surface area (Å²) in [5.74, 6) is 0.408. The zero-order valence-corrected chi connectivity index (χ0v) is 18.3.